The van der Waals surface area contributed by atoms with Crippen molar-refractivity contribution < 1.29 is 0 Å². The molecule has 2 nitrogen and oxygen atoms in total. The fourth-order valence-electron chi connectivity index (χ4n) is 1.49. The molecule has 0 N–H and O–H groups in total. The molecule has 2 unspecified atom stereocenters. The summed E-state index contributed by atoms with van der Waals surface area (Å²) in [5.74, 6) is -0.0669. The molecule has 0 fully saturated rings. The average molecular weight is 204 g/mol. The molecule has 0 aliphatic carbocycles. The van der Waals surface area contributed by atoms with Crippen molar-refractivity contribution in [1.29, 1.82) is 10.5 Å². The molecule has 0 aliphatic rings. The number of allylic oxidation sites excluding steroid dienone is 2. The molecule has 0 aromatic heterocycles. The van der Waals surface area contributed by atoms with Gasteiger partial charge in [0.05, 0.1) is 12.1 Å². The molecule has 0 saturated carbocycles. The maximum atomic E-state index is 8.93. The van der Waals surface area contributed by atoms with Crippen LogP contribution in [0.15, 0.2) is 11.6 Å². The molecule has 0 rings (SSSR count). The number of hydrogen-bond donors (Lipinski definition) is 0. The van der Waals surface area contributed by atoms with Gasteiger partial charge in [-0.1, -0.05) is 18.6 Å². The predicted molar refractivity (Wildman–Crippen MR) is 61.8 cm³/mol. The molecule has 82 valence electrons. The third-order valence-corrected chi connectivity index (χ3v) is 2.99. The van der Waals surface area contributed by atoms with Crippen molar-refractivity contribution in [2.45, 2.75) is 47.0 Å². The molecule has 0 saturated heterocycles. The molecule has 0 bridgehead atoms. The summed E-state index contributed by atoms with van der Waals surface area (Å²) in [6.07, 6.45) is 4.48. The third kappa shape index (κ3) is 4.66. The molecular formula is C13H20N2. The fourth-order valence-corrected chi connectivity index (χ4v) is 1.49. The molecule has 15 heavy (non-hydrogen) atoms. The average Bonchev–Trinajstić information content (AvgIpc) is 2.16. The number of nitrogens with zero attached hydrogens (tertiary/aromatic N) is 2. The highest BCUT2D eigenvalue weighted by molar-refractivity contribution is 5.00. The van der Waals surface area contributed by atoms with Gasteiger partial charge in [-0.25, -0.2) is 0 Å². The lowest BCUT2D eigenvalue weighted by atomic mass is 9.73. The highest BCUT2D eigenvalue weighted by atomic mass is 14.4. The largest absolute Gasteiger partial charge is 0.198 e. The van der Waals surface area contributed by atoms with Crippen LogP contribution >= 0.6 is 0 Å². The quantitative estimate of drug-likeness (QED) is 0.639. The van der Waals surface area contributed by atoms with Crippen molar-refractivity contribution in [3.63, 3.8) is 0 Å². The summed E-state index contributed by atoms with van der Waals surface area (Å²) in [5.41, 5.74) is 1.12. The molecule has 0 aromatic rings. The van der Waals surface area contributed by atoms with Crippen LogP contribution < -0.4 is 0 Å². The Bertz CT molecular complexity index is 299. The van der Waals surface area contributed by atoms with Gasteiger partial charge in [0.1, 0.15) is 0 Å². The SMILES string of the molecule is CC(C)=CCCC(C)(CC#N)C(C)C#N. The number of hydrogen-bond acceptors (Lipinski definition) is 2. The molecule has 0 amide bonds. The normalized spacial score (nSPS) is 15.6. The van der Waals surface area contributed by atoms with Crippen LogP contribution in [0.4, 0.5) is 0 Å². The van der Waals surface area contributed by atoms with E-state index in [0.717, 1.165) is 12.8 Å². The van der Waals surface area contributed by atoms with Gasteiger partial charge in [0.2, 0.25) is 0 Å². The maximum absolute atomic E-state index is 8.93. The summed E-state index contributed by atoms with van der Waals surface area (Å²) < 4.78 is 0. The van der Waals surface area contributed by atoms with Crippen molar-refractivity contribution in [2.75, 3.05) is 0 Å². The van der Waals surface area contributed by atoms with E-state index in [2.05, 4.69) is 32.1 Å². The van der Waals surface area contributed by atoms with E-state index < -0.39 is 0 Å². The topological polar surface area (TPSA) is 47.6 Å². The molecule has 0 aliphatic heterocycles. The van der Waals surface area contributed by atoms with E-state index in [1.165, 1.54) is 5.57 Å². The molecule has 0 heterocycles. The van der Waals surface area contributed by atoms with Crippen molar-refractivity contribution in [1.82, 2.24) is 0 Å². The first-order valence-electron chi connectivity index (χ1n) is 5.36. The van der Waals surface area contributed by atoms with Gasteiger partial charge >= 0.3 is 0 Å². The Hall–Kier alpha value is -1.28. The van der Waals surface area contributed by atoms with Crippen molar-refractivity contribution in [3.8, 4) is 12.1 Å². The minimum atomic E-state index is -0.171. The van der Waals surface area contributed by atoms with E-state index in [-0.39, 0.29) is 11.3 Å². The number of rotatable bonds is 5. The van der Waals surface area contributed by atoms with Gasteiger partial charge in [0.15, 0.2) is 0 Å². The van der Waals surface area contributed by atoms with Crippen molar-refractivity contribution >= 4 is 0 Å². The lowest BCUT2D eigenvalue weighted by Gasteiger charge is -2.29. The van der Waals surface area contributed by atoms with E-state index in [9.17, 15) is 0 Å². The lowest BCUT2D eigenvalue weighted by molar-refractivity contribution is 0.236. The van der Waals surface area contributed by atoms with E-state index in [4.69, 9.17) is 10.5 Å². The summed E-state index contributed by atoms with van der Waals surface area (Å²) in [7, 11) is 0. The smallest absolute Gasteiger partial charge is 0.0658 e. The second-order valence-corrected chi connectivity index (χ2v) is 4.66. The van der Waals surface area contributed by atoms with Crippen LogP contribution in [0.2, 0.25) is 0 Å². The van der Waals surface area contributed by atoms with Gasteiger partial charge in [0, 0.05) is 12.3 Å². The Morgan fingerprint density at radius 3 is 2.40 bits per heavy atom. The van der Waals surface area contributed by atoms with E-state index in [1.54, 1.807) is 0 Å². The van der Waals surface area contributed by atoms with Crippen LogP contribution in [-0.2, 0) is 0 Å². The van der Waals surface area contributed by atoms with Gasteiger partial charge in [0.25, 0.3) is 0 Å². The Labute approximate surface area is 93.2 Å². The van der Waals surface area contributed by atoms with Crippen LogP contribution in [-0.4, -0.2) is 0 Å². The van der Waals surface area contributed by atoms with Crippen molar-refractivity contribution in [3.05, 3.63) is 11.6 Å². The van der Waals surface area contributed by atoms with Gasteiger partial charge in [-0.15, -0.1) is 0 Å². The summed E-state index contributed by atoms with van der Waals surface area (Å²) in [4.78, 5) is 0. The van der Waals surface area contributed by atoms with Crippen LogP contribution in [0.5, 0.6) is 0 Å². The Kier molecular flexibility index (Phi) is 5.72. The summed E-state index contributed by atoms with van der Waals surface area (Å²) in [6.45, 7) is 8.06. The first kappa shape index (κ1) is 13.7. The highest BCUT2D eigenvalue weighted by Gasteiger charge is 2.30. The molecule has 0 aromatic carbocycles. The Morgan fingerprint density at radius 1 is 1.40 bits per heavy atom. The monoisotopic (exact) mass is 204 g/mol. The van der Waals surface area contributed by atoms with Crippen LogP contribution in [0.1, 0.15) is 47.0 Å². The number of nitriles is 2. The minimum absolute atomic E-state index is 0.0669. The first-order valence-corrected chi connectivity index (χ1v) is 5.36. The molecule has 0 radical (unpaired) electrons. The highest BCUT2D eigenvalue weighted by Crippen LogP contribution is 2.35. The molecule has 0 spiro atoms. The van der Waals surface area contributed by atoms with Gasteiger partial charge in [-0.3, -0.25) is 0 Å². The van der Waals surface area contributed by atoms with Crippen LogP contribution in [0.3, 0.4) is 0 Å². The van der Waals surface area contributed by atoms with E-state index >= 15 is 0 Å². The Balaban J connectivity index is 4.48. The second kappa shape index (κ2) is 6.25. The van der Waals surface area contributed by atoms with Gasteiger partial charge < -0.3 is 0 Å². The minimum Gasteiger partial charge on any atom is -0.198 e. The lowest BCUT2D eigenvalue weighted by Crippen LogP contribution is -2.23. The first-order chi connectivity index (χ1) is 6.96. The summed E-state index contributed by atoms with van der Waals surface area (Å²) in [5, 5.41) is 17.7. The predicted octanol–water partition coefficient (Wildman–Crippen LogP) is 3.81. The zero-order valence-corrected chi connectivity index (χ0v) is 10.2. The van der Waals surface area contributed by atoms with Gasteiger partial charge in [-0.2, -0.15) is 10.5 Å². The molecular weight excluding hydrogens is 184 g/mol. The standard InChI is InChI=1S/C13H20N2/c1-11(2)6-5-7-13(4,8-9-14)12(3)10-15/h6,12H,5,7-8H2,1-4H3. The zero-order valence-electron chi connectivity index (χ0n) is 10.2. The fraction of sp³-hybridized carbons (Fsp3) is 0.692. The maximum Gasteiger partial charge on any atom is 0.0658 e. The summed E-state index contributed by atoms with van der Waals surface area (Å²) in [6, 6.07) is 4.45. The van der Waals surface area contributed by atoms with Crippen molar-refractivity contribution in [2.24, 2.45) is 11.3 Å². The van der Waals surface area contributed by atoms with E-state index in [1.807, 2.05) is 13.8 Å². The zero-order chi connectivity index (χ0) is 11.9. The molecule has 2 heteroatoms. The third-order valence-electron chi connectivity index (χ3n) is 2.99. The van der Waals surface area contributed by atoms with Gasteiger partial charge in [-0.05, 0) is 39.0 Å². The second-order valence-electron chi connectivity index (χ2n) is 4.66. The van der Waals surface area contributed by atoms with Crippen LogP contribution in [0, 0.1) is 34.0 Å². The molecule has 2 atom stereocenters. The van der Waals surface area contributed by atoms with Crippen LogP contribution in [0.25, 0.3) is 0 Å². The van der Waals surface area contributed by atoms with E-state index in [0.29, 0.717) is 6.42 Å². The summed E-state index contributed by atoms with van der Waals surface area (Å²) >= 11 is 0. The Morgan fingerprint density at radius 2 is 2.00 bits per heavy atom.